The quantitative estimate of drug-likeness (QED) is 0.494. The van der Waals surface area contributed by atoms with Crippen molar-refractivity contribution in [1.29, 1.82) is 0 Å². The molecule has 0 heterocycles. The fourth-order valence-electron chi connectivity index (χ4n) is 0.463. The molecule has 0 saturated heterocycles. The Labute approximate surface area is 51.7 Å². The van der Waals surface area contributed by atoms with Gasteiger partial charge in [0.25, 0.3) is 0 Å². The van der Waals surface area contributed by atoms with Gasteiger partial charge in [-0.15, -0.1) is 0 Å². The summed E-state index contributed by atoms with van der Waals surface area (Å²) in [6.45, 7) is 5.16. The minimum Gasteiger partial charge on any atom is -0.319 e. The zero-order valence-electron chi connectivity index (χ0n) is 5.70. The third-order valence-corrected chi connectivity index (χ3v) is 0.887. The summed E-state index contributed by atoms with van der Waals surface area (Å²) in [6.07, 6.45) is 2.17. The number of rotatable bonds is 5. The Morgan fingerprint density at radius 3 is 2.62 bits per heavy atom. The van der Waals surface area contributed by atoms with Crippen LogP contribution in [0.4, 0.5) is 0 Å². The summed E-state index contributed by atoms with van der Waals surface area (Å²) < 4.78 is 0. The molecule has 0 spiro atoms. The van der Waals surface area contributed by atoms with E-state index in [4.69, 9.17) is 0 Å². The molecule has 49 valence electrons. The molecule has 0 rings (SSSR count). The molecule has 0 aliphatic heterocycles. The smallest absolute Gasteiger partial charge is 0.000488 e. The van der Waals surface area contributed by atoms with Crippen LogP contribution in [0.3, 0.4) is 0 Å². The normalized spacial score (nSPS) is 9.75. The van der Waals surface area contributed by atoms with Crippen molar-refractivity contribution >= 4 is 0 Å². The zero-order chi connectivity index (χ0) is 6.24. The first-order chi connectivity index (χ1) is 3.91. The Morgan fingerprint density at radius 2 is 2.12 bits per heavy atom. The van der Waals surface area contributed by atoms with Crippen LogP contribution in [0.2, 0.25) is 0 Å². The second-order valence-corrected chi connectivity index (χ2v) is 1.65. The Bertz CT molecular complexity index is 31.5. The van der Waals surface area contributed by atoms with E-state index >= 15 is 0 Å². The van der Waals surface area contributed by atoms with Gasteiger partial charge in [0.2, 0.25) is 0 Å². The first-order valence-electron chi connectivity index (χ1n) is 3.08. The van der Waals surface area contributed by atoms with E-state index in [1.54, 1.807) is 0 Å². The maximum atomic E-state index is 3.19. The Hall–Kier alpha value is -0.0800. The van der Waals surface area contributed by atoms with Crippen LogP contribution in [-0.4, -0.2) is 26.7 Å². The predicted octanol–water partition coefficient (Wildman–Crippen LogP) is 0.0196. The Balaban J connectivity index is 2.53. The molecule has 0 bridgehead atoms. The van der Waals surface area contributed by atoms with Crippen molar-refractivity contribution < 1.29 is 0 Å². The molecule has 0 fully saturated rings. The van der Waals surface area contributed by atoms with Gasteiger partial charge in [-0.25, -0.2) is 0 Å². The average molecular weight is 115 g/mol. The lowest BCUT2D eigenvalue weighted by Gasteiger charge is -1.98. The van der Waals surface area contributed by atoms with Gasteiger partial charge in [0.15, 0.2) is 0 Å². The first kappa shape index (κ1) is 7.92. The van der Waals surface area contributed by atoms with Crippen LogP contribution in [0.15, 0.2) is 0 Å². The van der Waals surface area contributed by atoms with Crippen LogP contribution in [0, 0.1) is 6.42 Å². The maximum absolute atomic E-state index is 3.19. The lowest BCUT2D eigenvalue weighted by molar-refractivity contribution is 0.736. The zero-order valence-corrected chi connectivity index (χ0v) is 5.70. The molecule has 0 unspecified atom stereocenters. The lowest BCUT2D eigenvalue weighted by Crippen LogP contribution is -2.19. The van der Waals surface area contributed by atoms with Gasteiger partial charge in [0.1, 0.15) is 0 Å². The minimum atomic E-state index is 0.993. The number of nitrogens with one attached hydrogen (secondary N) is 2. The van der Waals surface area contributed by atoms with Crippen LogP contribution in [0.25, 0.3) is 0 Å². The molecule has 0 aromatic rings. The molecule has 0 atom stereocenters. The molecule has 1 radical (unpaired) electrons. The fourth-order valence-corrected chi connectivity index (χ4v) is 0.463. The van der Waals surface area contributed by atoms with E-state index in [2.05, 4.69) is 24.0 Å². The topological polar surface area (TPSA) is 24.1 Å². The second-order valence-electron chi connectivity index (χ2n) is 1.65. The Kier molecular flexibility index (Phi) is 6.85. The van der Waals surface area contributed by atoms with Gasteiger partial charge >= 0.3 is 0 Å². The lowest BCUT2D eigenvalue weighted by atomic mass is 10.4. The van der Waals surface area contributed by atoms with E-state index in [-0.39, 0.29) is 0 Å². The van der Waals surface area contributed by atoms with Gasteiger partial charge in [-0.2, -0.15) is 0 Å². The molecule has 0 aromatic heterocycles. The van der Waals surface area contributed by atoms with Crippen molar-refractivity contribution in [3.63, 3.8) is 0 Å². The van der Waals surface area contributed by atoms with Crippen LogP contribution in [0.5, 0.6) is 0 Å². The summed E-state index contributed by atoms with van der Waals surface area (Å²) in [6, 6.07) is 0. The standard InChI is InChI=1S/C6H15N2/c1-3-8-6-4-5-7-2/h4,7-8H,3,5-6H2,1-2H3. The van der Waals surface area contributed by atoms with Crippen molar-refractivity contribution in [3.05, 3.63) is 6.42 Å². The van der Waals surface area contributed by atoms with Crippen LogP contribution in [-0.2, 0) is 0 Å². The van der Waals surface area contributed by atoms with E-state index in [0.717, 1.165) is 19.6 Å². The third kappa shape index (κ3) is 5.92. The van der Waals surface area contributed by atoms with Crippen molar-refractivity contribution in [2.75, 3.05) is 26.7 Å². The highest BCUT2D eigenvalue weighted by atomic mass is 14.9. The summed E-state index contributed by atoms with van der Waals surface area (Å²) in [5, 5.41) is 6.22. The van der Waals surface area contributed by atoms with E-state index in [1.807, 2.05) is 7.05 Å². The SMILES string of the molecule is CCNC[CH]CNC. The highest BCUT2D eigenvalue weighted by Crippen LogP contribution is 1.67. The molecule has 0 amide bonds. The van der Waals surface area contributed by atoms with E-state index in [0.29, 0.717) is 0 Å². The highest BCUT2D eigenvalue weighted by molar-refractivity contribution is 4.68. The molecule has 0 saturated carbocycles. The highest BCUT2D eigenvalue weighted by Gasteiger charge is 1.80. The molecular formula is C6H15N2. The van der Waals surface area contributed by atoms with E-state index in [1.165, 1.54) is 0 Å². The fraction of sp³-hybridized carbons (Fsp3) is 0.833. The second kappa shape index (κ2) is 6.92. The van der Waals surface area contributed by atoms with Gasteiger partial charge < -0.3 is 10.6 Å². The van der Waals surface area contributed by atoms with Crippen molar-refractivity contribution in [1.82, 2.24) is 10.6 Å². The molecule has 8 heavy (non-hydrogen) atoms. The van der Waals surface area contributed by atoms with Crippen LogP contribution < -0.4 is 10.6 Å². The summed E-state index contributed by atoms with van der Waals surface area (Å²) in [7, 11) is 1.95. The molecule has 2 heteroatoms. The van der Waals surface area contributed by atoms with Crippen molar-refractivity contribution in [2.24, 2.45) is 0 Å². The van der Waals surface area contributed by atoms with E-state index in [9.17, 15) is 0 Å². The number of hydrogen-bond donors (Lipinski definition) is 2. The Morgan fingerprint density at radius 1 is 1.38 bits per heavy atom. The number of hydrogen-bond acceptors (Lipinski definition) is 2. The molecule has 2 nitrogen and oxygen atoms in total. The molecule has 0 aliphatic carbocycles. The van der Waals surface area contributed by atoms with Gasteiger partial charge in [-0.1, -0.05) is 6.92 Å². The maximum Gasteiger partial charge on any atom is -0.000488 e. The van der Waals surface area contributed by atoms with Gasteiger partial charge in [0.05, 0.1) is 0 Å². The summed E-state index contributed by atoms with van der Waals surface area (Å²) in [5.74, 6) is 0. The molecule has 0 aliphatic rings. The van der Waals surface area contributed by atoms with Crippen LogP contribution >= 0.6 is 0 Å². The summed E-state index contributed by atoms with van der Waals surface area (Å²) >= 11 is 0. The van der Waals surface area contributed by atoms with Crippen LogP contribution in [0.1, 0.15) is 6.92 Å². The predicted molar refractivity (Wildman–Crippen MR) is 36.8 cm³/mol. The molecular weight excluding hydrogens is 100 g/mol. The third-order valence-electron chi connectivity index (χ3n) is 0.887. The van der Waals surface area contributed by atoms with E-state index < -0.39 is 0 Å². The minimum absolute atomic E-state index is 0.993. The summed E-state index contributed by atoms with van der Waals surface area (Å²) in [5.41, 5.74) is 0. The monoisotopic (exact) mass is 115 g/mol. The van der Waals surface area contributed by atoms with Gasteiger partial charge in [-0.05, 0) is 33.1 Å². The molecule has 2 N–H and O–H groups in total. The average Bonchev–Trinajstić information content (AvgIpc) is 1.81. The van der Waals surface area contributed by atoms with Crippen molar-refractivity contribution in [3.8, 4) is 0 Å². The first-order valence-corrected chi connectivity index (χ1v) is 3.08. The molecule has 0 aromatic carbocycles. The summed E-state index contributed by atoms with van der Waals surface area (Å²) in [4.78, 5) is 0. The van der Waals surface area contributed by atoms with Gasteiger partial charge in [-0.3, -0.25) is 0 Å². The van der Waals surface area contributed by atoms with Crippen molar-refractivity contribution in [2.45, 2.75) is 6.92 Å². The largest absolute Gasteiger partial charge is 0.319 e. The van der Waals surface area contributed by atoms with Gasteiger partial charge in [0, 0.05) is 0 Å².